The van der Waals surface area contributed by atoms with Crippen molar-refractivity contribution in [2.75, 3.05) is 34.0 Å². The Morgan fingerprint density at radius 3 is 2.62 bits per heavy atom. The predicted octanol–water partition coefficient (Wildman–Crippen LogP) is -1.26. The Morgan fingerprint density at radius 1 is 1.31 bits per heavy atom. The zero-order valence-corrected chi connectivity index (χ0v) is 10.3. The molecule has 6 heteroatoms. The van der Waals surface area contributed by atoms with E-state index in [4.69, 9.17) is 24.7 Å². The first-order valence-electron chi connectivity index (χ1n) is 5.73. The van der Waals surface area contributed by atoms with Crippen molar-refractivity contribution < 1.29 is 18.9 Å². The van der Waals surface area contributed by atoms with Crippen LogP contribution in [0.5, 0.6) is 0 Å². The predicted molar refractivity (Wildman–Crippen MR) is 63.3 cm³/mol. The summed E-state index contributed by atoms with van der Waals surface area (Å²) in [7, 11) is 5.33. The zero-order valence-electron chi connectivity index (χ0n) is 10.3. The van der Waals surface area contributed by atoms with Gasteiger partial charge in [0.05, 0.1) is 12.6 Å². The molecule has 0 saturated carbocycles. The van der Waals surface area contributed by atoms with Crippen LogP contribution in [-0.4, -0.2) is 66.1 Å². The average Bonchev–Trinajstić information content (AvgIpc) is 2.56. The summed E-state index contributed by atoms with van der Waals surface area (Å²) in [6.07, 6.45) is 0.714. The van der Waals surface area contributed by atoms with Crippen molar-refractivity contribution in [3.8, 4) is 0 Å². The molecule has 1 rings (SSSR count). The highest BCUT2D eigenvalue weighted by molar-refractivity contribution is 6.11. The molecule has 0 aromatic rings. The minimum absolute atomic E-state index is 0.0304. The average molecular weight is 231 g/mol. The Morgan fingerprint density at radius 2 is 2.06 bits per heavy atom. The first kappa shape index (κ1) is 13.9. The molecular formula is C10H22BNO4. The van der Waals surface area contributed by atoms with Gasteiger partial charge >= 0.3 is 0 Å². The number of rotatable bonds is 7. The number of methoxy groups -OCH3 is 2. The van der Waals surface area contributed by atoms with Gasteiger partial charge in [-0.2, -0.15) is 0 Å². The van der Waals surface area contributed by atoms with Gasteiger partial charge in [0.1, 0.15) is 26.2 Å². The molecule has 0 bridgehead atoms. The van der Waals surface area contributed by atoms with E-state index >= 15 is 0 Å². The third-order valence-corrected chi connectivity index (χ3v) is 2.80. The number of hydrogen-bond acceptors (Lipinski definition) is 5. The van der Waals surface area contributed by atoms with Crippen molar-refractivity contribution in [1.82, 2.24) is 0 Å². The smallest absolute Gasteiger partial charge is 0.142 e. The summed E-state index contributed by atoms with van der Waals surface area (Å²) in [4.78, 5) is 0. The normalized spacial score (nSPS) is 34.4. The fraction of sp³-hybridized carbons (Fsp3) is 1.00. The van der Waals surface area contributed by atoms with Crippen LogP contribution >= 0.6 is 0 Å². The second kappa shape index (κ2) is 7.24. The molecule has 0 aliphatic carbocycles. The Labute approximate surface area is 98.0 Å². The lowest BCUT2D eigenvalue weighted by molar-refractivity contribution is -0.0557. The summed E-state index contributed by atoms with van der Waals surface area (Å²) in [6.45, 7) is 1.81. The summed E-state index contributed by atoms with van der Waals surface area (Å²) in [5, 5.41) is 0. The van der Waals surface area contributed by atoms with Crippen LogP contribution in [0, 0.1) is 0 Å². The van der Waals surface area contributed by atoms with Gasteiger partial charge in [0.15, 0.2) is 0 Å². The monoisotopic (exact) mass is 231 g/mol. The quantitative estimate of drug-likeness (QED) is 0.437. The fourth-order valence-corrected chi connectivity index (χ4v) is 2.03. The third kappa shape index (κ3) is 3.43. The highest BCUT2D eigenvalue weighted by Crippen LogP contribution is 2.24. The molecule has 5 nitrogen and oxygen atoms in total. The number of nitrogens with two attached hydrogens (primary N) is 1. The van der Waals surface area contributed by atoms with E-state index in [1.54, 1.807) is 14.2 Å². The largest absolute Gasteiger partial charge is 0.382 e. The van der Waals surface area contributed by atoms with Gasteiger partial charge in [0.25, 0.3) is 0 Å². The molecule has 1 saturated heterocycles. The fourth-order valence-electron chi connectivity index (χ4n) is 2.03. The maximum atomic E-state index is 5.75. The van der Waals surface area contributed by atoms with Gasteiger partial charge < -0.3 is 24.7 Å². The molecule has 0 unspecified atom stereocenters. The van der Waals surface area contributed by atoms with E-state index in [1.165, 1.54) is 0 Å². The van der Waals surface area contributed by atoms with E-state index in [9.17, 15) is 0 Å². The molecule has 1 heterocycles. The lowest BCUT2D eigenvalue weighted by atomic mass is 9.93. The van der Waals surface area contributed by atoms with Gasteiger partial charge in [0.2, 0.25) is 0 Å². The molecule has 4 atom stereocenters. The van der Waals surface area contributed by atoms with E-state index in [1.807, 2.05) is 7.85 Å². The van der Waals surface area contributed by atoms with Gasteiger partial charge in [-0.25, -0.2) is 0 Å². The molecule has 1 aliphatic heterocycles. The lowest BCUT2D eigenvalue weighted by Gasteiger charge is -2.22. The molecule has 0 amide bonds. The minimum atomic E-state index is -0.0623. The summed E-state index contributed by atoms with van der Waals surface area (Å²) in [5.41, 5.74) is 5.43. The standard InChI is InChI=1S/C10H22BNO4/c1-13-6-7-8(14-2)9(10(11)16-7)15-5-3-4-12/h7-10H,3-6,11-12H2,1-2H3/t7-,8-,9-,10-/m1/s1. The van der Waals surface area contributed by atoms with Gasteiger partial charge in [-0.1, -0.05) is 0 Å². The maximum absolute atomic E-state index is 5.75. The molecule has 0 aromatic carbocycles. The molecule has 2 N–H and O–H groups in total. The zero-order chi connectivity index (χ0) is 12.0. The molecular weight excluding hydrogens is 209 g/mol. The van der Waals surface area contributed by atoms with Crippen molar-refractivity contribution in [2.24, 2.45) is 5.73 Å². The molecule has 0 radical (unpaired) electrons. The maximum Gasteiger partial charge on any atom is 0.142 e. The molecule has 16 heavy (non-hydrogen) atoms. The number of hydrogen-bond donors (Lipinski definition) is 1. The van der Waals surface area contributed by atoms with E-state index in [0.29, 0.717) is 19.8 Å². The van der Waals surface area contributed by atoms with Crippen molar-refractivity contribution in [2.45, 2.75) is 30.7 Å². The Bertz CT molecular complexity index is 196. The van der Waals surface area contributed by atoms with Crippen LogP contribution in [0.4, 0.5) is 0 Å². The van der Waals surface area contributed by atoms with Crippen LogP contribution in [0.1, 0.15) is 6.42 Å². The minimum Gasteiger partial charge on any atom is -0.382 e. The van der Waals surface area contributed by atoms with E-state index < -0.39 is 0 Å². The van der Waals surface area contributed by atoms with Crippen LogP contribution in [0.3, 0.4) is 0 Å². The number of ether oxygens (including phenoxy) is 4. The lowest BCUT2D eigenvalue weighted by Crippen LogP contribution is -2.38. The molecule has 94 valence electrons. The topological polar surface area (TPSA) is 62.9 Å². The van der Waals surface area contributed by atoms with Crippen LogP contribution in [-0.2, 0) is 18.9 Å². The van der Waals surface area contributed by atoms with Crippen molar-refractivity contribution in [3.63, 3.8) is 0 Å². The second-order valence-corrected chi connectivity index (χ2v) is 4.01. The Kier molecular flexibility index (Phi) is 6.30. The van der Waals surface area contributed by atoms with Crippen LogP contribution in [0.2, 0.25) is 0 Å². The first-order valence-corrected chi connectivity index (χ1v) is 5.73. The summed E-state index contributed by atoms with van der Waals surface area (Å²) < 4.78 is 22.0. The third-order valence-electron chi connectivity index (χ3n) is 2.80. The van der Waals surface area contributed by atoms with Crippen LogP contribution in [0.15, 0.2) is 0 Å². The highest BCUT2D eigenvalue weighted by atomic mass is 16.6. The van der Waals surface area contributed by atoms with Crippen LogP contribution < -0.4 is 5.73 Å². The summed E-state index contributed by atoms with van der Waals surface area (Å²) in [6, 6.07) is 0.0304. The van der Waals surface area contributed by atoms with E-state index in [-0.39, 0.29) is 24.3 Å². The SMILES string of the molecule is B[C@@H]1O[C@H](COC)[C@@H](OC)[C@H]1OCCCN. The van der Waals surface area contributed by atoms with E-state index in [2.05, 4.69) is 0 Å². The highest BCUT2D eigenvalue weighted by Gasteiger charge is 2.43. The second-order valence-electron chi connectivity index (χ2n) is 4.01. The van der Waals surface area contributed by atoms with Gasteiger partial charge in [0, 0.05) is 20.8 Å². The van der Waals surface area contributed by atoms with Crippen molar-refractivity contribution in [1.29, 1.82) is 0 Å². The van der Waals surface area contributed by atoms with Gasteiger partial charge in [-0.15, -0.1) is 0 Å². The molecule has 1 aliphatic rings. The first-order chi connectivity index (χ1) is 7.74. The summed E-state index contributed by atoms with van der Waals surface area (Å²) in [5.74, 6) is 0. The molecule has 0 aromatic heterocycles. The van der Waals surface area contributed by atoms with Gasteiger partial charge in [-0.3, -0.25) is 0 Å². The van der Waals surface area contributed by atoms with Crippen molar-refractivity contribution >= 4 is 7.85 Å². The Hall–Kier alpha value is -0.135. The van der Waals surface area contributed by atoms with E-state index in [0.717, 1.165) is 6.42 Å². The van der Waals surface area contributed by atoms with Crippen molar-refractivity contribution in [3.05, 3.63) is 0 Å². The Balaban J connectivity index is 2.46. The molecule has 1 fully saturated rings. The summed E-state index contributed by atoms with van der Waals surface area (Å²) >= 11 is 0. The van der Waals surface area contributed by atoms with Gasteiger partial charge in [-0.05, 0) is 13.0 Å². The molecule has 0 spiro atoms. The van der Waals surface area contributed by atoms with Crippen LogP contribution in [0.25, 0.3) is 0 Å².